The van der Waals surface area contributed by atoms with Gasteiger partial charge in [-0.05, 0) is 55.4 Å². The highest BCUT2D eigenvalue weighted by molar-refractivity contribution is 7.17. The highest BCUT2D eigenvalue weighted by atomic mass is 35.5. The van der Waals surface area contributed by atoms with Crippen molar-refractivity contribution in [2.45, 2.75) is 32.1 Å². The number of ether oxygens (including phenoxy) is 1. The van der Waals surface area contributed by atoms with Crippen LogP contribution in [0.4, 0.5) is 10.7 Å². The fraction of sp³-hybridized carbons (Fsp3) is 0.250. The van der Waals surface area contributed by atoms with E-state index in [-0.39, 0.29) is 22.9 Å². The number of hydrogen-bond donors (Lipinski definition) is 1. The van der Waals surface area contributed by atoms with Gasteiger partial charge in [0.1, 0.15) is 10.0 Å². The molecular weight excluding hydrogens is 464 g/mol. The van der Waals surface area contributed by atoms with E-state index in [1.54, 1.807) is 6.92 Å². The zero-order chi connectivity index (χ0) is 23.5. The summed E-state index contributed by atoms with van der Waals surface area (Å²) in [6.45, 7) is 1.94. The lowest BCUT2D eigenvalue weighted by molar-refractivity contribution is -0.384. The number of nitrogens with one attached hydrogen (secondary N) is 1. The van der Waals surface area contributed by atoms with Crippen molar-refractivity contribution < 1.29 is 19.2 Å². The summed E-state index contributed by atoms with van der Waals surface area (Å²) >= 11 is 7.22. The first-order valence-electron chi connectivity index (χ1n) is 10.5. The van der Waals surface area contributed by atoms with E-state index in [0.29, 0.717) is 22.9 Å². The van der Waals surface area contributed by atoms with Gasteiger partial charge in [-0.15, -0.1) is 11.3 Å². The van der Waals surface area contributed by atoms with Gasteiger partial charge in [-0.1, -0.05) is 41.9 Å². The molecule has 2 aromatic carbocycles. The highest BCUT2D eigenvalue weighted by Gasteiger charge is 2.31. The number of hydrogen-bond acceptors (Lipinski definition) is 6. The van der Waals surface area contributed by atoms with Gasteiger partial charge in [0.05, 0.1) is 17.1 Å². The molecule has 9 heteroatoms. The minimum absolute atomic E-state index is 0.0534. The molecule has 1 atom stereocenters. The van der Waals surface area contributed by atoms with Gasteiger partial charge < -0.3 is 10.1 Å². The van der Waals surface area contributed by atoms with E-state index >= 15 is 0 Å². The average molecular weight is 485 g/mol. The van der Waals surface area contributed by atoms with Crippen molar-refractivity contribution in [3.63, 3.8) is 0 Å². The summed E-state index contributed by atoms with van der Waals surface area (Å²) in [5.74, 6) is -0.709. The molecule has 0 aliphatic heterocycles. The lowest BCUT2D eigenvalue weighted by Gasteiger charge is -2.23. The van der Waals surface area contributed by atoms with E-state index in [1.807, 2.05) is 18.2 Å². The number of benzene rings is 2. The topological polar surface area (TPSA) is 98.5 Å². The second-order valence-corrected chi connectivity index (χ2v) is 9.17. The number of esters is 1. The number of nitro groups is 1. The van der Waals surface area contributed by atoms with Crippen LogP contribution in [-0.4, -0.2) is 23.4 Å². The minimum Gasteiger partial charge on any atom is -0.462 e. The SMILES string of the molecule is CCOC(=O)c1c(NC(=O)c2ccc(Cl)c([N+](=O)[O-])c2)sc2c1CCC(c1ccccc1)C2. The Bertz CT molecular complexity index is 1230. The zero-order valence-corrected chi connectivity index (χ0v) is 19.4. The van der Waals surface area contributed by atoms with Crippen LogP contribution in [0.5, 0.6) is 0 Å². The van der Waals surface area contributed by atoms with Crippen molar-refractivity contribution in [2.24, 2.45) is 0 Å². The van der Waals surface area contributed by atoms with E-state index in [9.17, 15) is 19.7 Å². The third kappa shape index (κ3) is 4.77. The van der Waals surface area contributed by atoms with Crippen molar-refractivity contribution in [1.82, 2.24) is 0 Å². The molecule has 3 aromatic rings. The van der Waals surface area contributed by atoms with Crippen LogP contribution in [0.3, 0.4) is 0 Å². The summed E-state index contributed by atoms with van der Waals surface area (Å²) in [5.41, 5.74) is 2.25. The average Bonchev–Trinajstić information content (AvgIpc) is 3.16. The van der Waals surface area contributed by atoms with Crippen molar-refractivity contribution in [3.8, 4) is 0 Å². The fourth-order valence-corrected chi connectivity index (χ4v) is 5.57. The number of rotatable bonds is 6. The number of thiophene rings is 1. The Morgan fingerprint density at radius 1 is 1.24 bits per heavy atom. The first-order valence-corrected chi connectivity index (χ1v) is 11.7. The molecule has 7 nitrogen and oxygen atoms in total. The molecule has 1 aliphatic rings. The Labute approximate surface area is 199 Å². The van der Waals surface area contributed by atoms with Crippen LogP contribution < -0.4 is 5.32 Å². The van der Waals surface area contributed by atoms with E-state index in [1.165, 1.54) is 29.0 Å². The zero-order valence-electron chi connectivity index (χ0n) is 17.8. The molecule has 4 rings (SSSR count). The molecule has 1 heterocycles. The molecule has 0 fully saturated rings. The molecule has 0 bridgehead atoms. The van der Waals surface area contributed by atoms with Crippen molar-refractivity contribution >= 4 is 45.5 Å². The van der Waals surface area contributed by atoms with Gasteiger partial charge in [-0.2, -0.15) is 0 Å². The number of carbonyl (C=O) groups is 2. The molecule has 1 aliphatic carbocycles. The van der Waals surface area contributed by atoms with Crippen molar-refractivity contribution in [3.05, 3.63) is 90.8 Å². The highest BCUT2D eigenvalue weighted by Crippen LogP contribution is 2.43. The van der Waals surface area contributed by atoms with Gasteiger partial charge >= 0.3 is 5.97 Å². The maximum atomic E-state index is 12.9. The van der Waals surface area contributed by atoms with E-state index in [4.69, 9.17) is 16.3 Å². The second kappa shape index (κ2) is 9.72. The summed E-state index contributed by atoms with van der Waals surface area (Å²) in [6.07, 6.45) is 2.34. The van der Waals surface area contributed by atoms with Gasteiger partial charge in [0.2, 0.25) is 0 Å². The molecule has 1 aromatic heterocycles. The van der Waals surface area contributed by atoms with Crippen LogP contribution >= 0.6 is 22.9 Å². The first-order chi connectivity index (χ1) is 15.9. The van der Waals surface area contributed by atoms with Gasteiger partial charge in [0.15, 0.2) is 0 Å². The van der Waals surface area contributed by atoms with Crippen LogP contribution in [0.15, 0.2) is 48.5 Å². The Morgan fingerprint density at radius 3 is 2.70 bits per heavy atom. The van der Waals surface area contributed by atoms with Crippen molar-refractivity contribution in [2.75, 3.05) is 11.9 Å². The van der Waals surface area contributed by atoms with E-state index in [0.717, 1.165) is 29.3 Å². The van der Waals surface area contributed by atoms with Crippen LogP contribution in [0.1, 0.15) is 56.0 Å². The summed E-state index contributed by atoms with van der Waals surface area (Å²) in [4.78, 5) is 37.3. The molecule has 170 valence electrons. The predicted octanol–water partition coefficient (Wildman–Crippen LogP) is 6.01. The maximum absolute atomic E-state index is 12.9. The normalized spacial score (nSPS) is 14.9. The lowest BCUT2D eigenvalue weighted by Crippen LogP contribution is -2.17. The Morgan fingerprint density at radius 2 is 2.00 bits per heavy atom. The van der Waals surface area contributed by atoms with Crippen molar-refractivity contribution in [1.29, 1.82) is 0 Å². The number of nitrogens with zero attached hydrogens (tertiary/aromatic N) is 1. The molecule has 0 saturated carbocycles. The lowest BCUT2D eigenvalue weighted by atomic mass is 9.83. The summed E-state index contributed by atoms with van der Waals surface area (Å²) < 4.78 is 5.27. The number of anilines is 1. The maximum Gasteiger partial charge on any atom is 0.341 e. The summed E-state index contributed by atoms with van der Waals surface area (Å²) in [6, 6.07) is 14.1. The molecule has 1 amide bonds. The third-order valence-corrected chi connectivity index (χ3v) is 7.14. The number of fused-ring (bicyclic) bond motifs is 1. The second-order valence-electron chi connectivity index (χ2n) is 7.66. The van der Waals surface area contributed by atoms with Crippen LogP contribution in [-0.2, 0) is 17.6 Å². The third-order valence-electron chi connectivity index (χ3n) is 5.65. The smallest absolute Gasteiger partial charge is 0.341 e. The quantitative estimate of drug-likeness (QED) is 0.262. The van der Waals surface area contributed by atoms with Gasteiger partial charge in [-0.25, -0.2) is 4.79 Å². The van der Waals surface area contributed by atoms with E-state index < -0.39 is 16.8 Å². The number of halogens is 1. The van der Waals surface area contributed by atoms with E-state index in [2.05, 4.69) is 17.4 Å². The molecule has 0 spiro atoms. The van der Waals surface area contributed by atoms with Crippen LogP contribution in [0.2, 0.25) is 5.02 Å². The Kier molecular flexibility index (Phi) is 6.76. The predicted molar refractivity (Wildman–Crippen MR) is 128 cm³/mol. The molecular formula is C24H21ClN2O5S. The molecule has 1 unspecified atom stereocenters. The van der Waals surface area contributed by atoms with Crippen LogP contribution in [0, 0.1) is 10.1 Å². The Balaban J connectivity index is 1.66. The number of amides is 1. The van der Waals surface area contributed by atoms with Gasteiger partial charge in [0, 0.05) is 16.5 Å². The standard InChI is InChI=1S/C24H21ClN2O5S/c1-2-32-24(29)21-17-10-8-15(14-6-4-3-5-7-14)13-20(17)33-23(21)26-22(28)16-9-11-18(25)19(12-16)27(30)31/h3-7,9,11-12,15H,2,8,10,13H2,1H3,(H,26,28). The molecule has 33 heavy (non-hydrogen) atoms. The summed E-state index contributed by atoms with van der Waals surface area (Å²) in [5, 5.41) is 14.3. The first kappa shape index (κ1) is 22.9. The largest absolute Gasteiger partial charge is 0.462 e. The van der Waals surface area contributed by atoms with Crippen LogP contribution in [0.25, 0.3) is 0 Å². The van der Waals surface area contributed by atoms with Gasteiger partial charge in [0.25, 0.3) is 11.6 Å². The fourth-order valence-electron chi connectivity index (χ4n) is 4.07. The molecule has 0 saturated heterocycles. The molecule has 0 radical (unpaired) electrons. The number of nitro benzene ring substituents is 1. The number of carbonyl (C=O) groups excluding carboxylic acids is 2. The monoisotopic (exact) mass is 484 g/mol. The molecule has 1 N–H and O–H groups in total. The summed E-state index contributed by atoms with van der Waals surface area (Å²) in [7, 11) is 0. The minimum atomic E-state index is -0.642. The van der Waals surface area contributed by atoms with Gasteiger partial charge in [-0.3, -0.25) is 14.9 Å². The Hall–Kier alpha value is -3.23.